The van der Waals surface area contributed by atoms with Gasteiger partial charge in [0.05, 0.1) is 5.56 Å². The maximum absolute atomic E-state index is 13.6. The Balaban J connectivity index is 1.58. The summed E-state index contributed by atoms with van der Waals surface area (Å²) in [4.78, 5) is 20.0. The summed E-state index contributed by atoms with van der Waals surface area (Å²) in [6.45, 7) is 0.396. The third kappa shape index (κ3) is 4.60. The van der Waals surface area contributed by atoms with E-state index in [1.807, 2.05) is 0 Å². The number of nitrogens with zero attached hydrogens (tertiary/aromatic N) is 2. The number of aromatic nitrogens is 2. The molecule has 5 nitrogen and oxygen atoms in total. The number of halogens is 3. The van der Waals surface area contributed by atoms with E-state index in [0.717, 1.165) is 12.1 Å². The second-order valence-corrected chi connectivity index (χ2v) is 5.61. The Bertz CT molecular complexity index is 928. The summed E-state index contributed by atoms with van der Waals surface area (Å²) in [5, 5.41) is 5.07. The largest absolute Gasteiger partial charge is 0.354 e. The van der Waals surface area contributed by atoms with Crippen LogP contribution in [0.1, 0.15) is 15.9 Å². The molecule has 0 radical (unpaired) electrons. The van der Waals surface area contributed by atoms with E-state index in [2.05, 4.69) is 20.6 Å². The molecule has 2 aromatic carbocycles. The van der Waals surface area contributed by atoms with Crippen molar-refractivity contribution in [2.75, 3.05) is 17.2 Å². The Morgan fingerprint density at radius 3 is 2.19 bits per heavy atom. The first-order valence-corrected chi connectivity index (χ1v) is 8.09. The molecule has 3 aromatic rings. The maximum Gasteiger partial charge on any atom is 0.258 e. The molecule has 27 heavy (non-hydrogen) atoms. The van der Waals surface area contributed by atoms with Crippen molar-refractivity contribution in [3.8, 4) is 0 Å². The molecule has 1 amide bonds. The van der Waals surface area contributed by atoms with Crippen molar-refractivity contribution in [1.29, 1.82) is 0 Å². The van der Waals surface area contributed by atoms with Crippen LogP contribution in [0.3, 0.4) is 0 Å². The van der Waals surface area contributed by atoms with Crippen LogP contribution >= 0.6 is 0 Å². The molecule has 8 heteroatoms. The topological polar surface area (TPSA) is 66.9 Å². The predicted octanol–water partition coefficient (Wildman–Crippen LogP) is 3.80. The van der Waals surface area contributed by atoms with Gasteiger partial charge in [-0.2, -0.15) is 0 Å². The highest BCUT2D eigenvalue weighted by molar-refractivity contribution is 6.04. The van der Waals surface area contributed by atoms with Crippen molar-refractivity contribution in [3.63, 3.8) is 0 Å². The van der Waals surface area contributed by atoms with Gasteiger partial charge in [0.2, 0.25) is 5.95 Å². The minimum atomic E-state index is -0.879. The quantitative estimate of drug-likeness (QED) is 0.691. The number of carbonyl (C=O) groups is 1. The summed E-state index contributed by atoms with van der Waals surface area (Å²) in [6.07, 6.45) is 2.89. The molecule has 2 N–H and O–H groups in total. The molecule has 0 unspecified atom stereocenters. The molecule has 0 saturated heterocycles. The molecule has 0 aliphatic rings. The summed E-state index contributed by atoms with van der Waals surface area (Å²) >= 11 is 0. The van der Waals surface area contributed by atoms with Crippen molar-refractivity contribution in [2.24, 2.45) is 0 Å². The standard InChI is InChI=1S/C19H15F3N4O/c20-14-5-2-1-4-12(14)8-9-23-19-24-10-13(11-25-19)18(27)26-17-15(21)6-3-7-16(17)22/h1-7,10-11H,8-9H2,(H,26,27)(H,23,24,25). The van der Waals surface area contributed by atoms with Crippen molar-refractivity contribution < 1.29 is 18.0 Å². The minimum absolute atomic E-state index is 0.0392. The molecular formula is C19H15F3N4O. The normalized spacial score (nSPS) is 10.5. The number of para-hydroxylation sites is 1. The third-order valence-corrected chi connectivity index (χ3v) is 3.75. The fourth-order valence-electron chi connectivity index (χ4n) is 2.35. The van der Waals surface area contributed by atoms with Gasteiger partial charge in [-0.05, 0) is 30.2 Å². The molecule has 0 bridgehead atoms. The molecule has 1 aromatic heterocycles. The van der Waals surface area contributed by atoms with E-state index in [9.17, 15) is 18.0 Å². The minimum Gasteiger partial charge on any atom is -0.354 e. The smallest absolute Gasteiger partial charge is 0.258 e. The lowest BCUT2D eigenvalue weighted by atomic mass is 10.1. The van der Waals surface area contributed by atoms with Gasteiger partial charge in [-0.3, -0.25) is 4.79 Å². The number of benzene rings is 2. The number of anilines is 2. The van der Waals surface area contributed by atoms with E-state index in [1.165, 1.54) is 24.5 Å². The Hall–Kier alpha value is -3.42. The van der Waals surface area contributed by atoms with E-state index in [1.54, 1.807) is 18.2 Å². The average molecular weight is 372 g/mol. The number of hydrogen-bond donors (Lipinski definition) is 2. The second-order valence-electron chi connectivity index (χ2n) is 5.61. The molecule has 0 saturated carbocycles. The predicted molar refractivity (Wildman–Crippen MR) is 94.9 cm³/mol. The number of hydrogen-bond acceptors (Lipinski definition) is 4. The van der Waals surface area contributed by atoms with Crippen molar-refractivity contribution >= 4 is 17.5 Å². The van der Waals surface area contributed by atoms with Crippen LogP contribution in [0.5, 0.6) is 0 Å². The van der Waals surface area contributed by atoms with Crippen molar-refractivity contribution in [1.82, 2.24) is 9.97 Å². The van der Waals surface area contributed by atoms with Gasteiger partial charge in [0.25, 0.3) is 5.91 Å². The van der Waals surface area contributed by atoms with E-state index >= 15 is 0 Å². The fourth-order valence-corrected chi connectivity index (χ4v) is 2.35. The van der Waals surface area contributed by atoms with Crippen LogP contribution in [-0.4, -0.2) is 22.4 Å². The number of rotatable bonds is 6. The van der Waals surface area contributed by atoms with Gasteiger partial charge in [-0.1, -0.05) is 24.3 Å². The lowest BCUT2D eigenvalue weighted by Crippen LogP contribution is -2.16. The second kappa shape index (κ2) is 8.31. The van der Waals surface area contributed by atoms with Crippen LogP contribution in [-0.2, 0) is 6.42 Å². The molecule has 0 atom stereocenters. The Kier molecular flexibility index (Phi) is 5.65. The zero-order valence-corrected chi connectivity index (χ0v) is 14.0. The average Bonchev–Trinajstić information content (AvgIpc) is 2.67. The Morgan fingerprint density at radius 1 is 0.889 bits per heavy atom. The molecule has 3 rings (SSSR count). The van der Waals surface area contributed by atoms with Crippen LogP contribution in [0.25, 0.3) is 0 Å². The van der Waals surface area contributed by atoms with Gasteiger partial charge in [-0.15, -0.1) is 0 Å². The highest BCUT2D eigenvalue weighted by atomic mass is 19.1. The molecule has 0 aliphatic heterocycles. The molecule has 0 fully saturated rings. The summed E-state index contributed by atoms with van der Waals surface area (Å²) in [7, 11) is 0. The van der Waals surface area contributed by atoms with Crippen LogP contribution < -0.4 is 10.6 Å². The van der Waals surface area contributed by atoms with E-state index < -0.39 is 23.2 Å². The van der Waals surface area contributed by atoms with E-state index in [-0.39, 0.29) is 17.3 Å². The van der Waals surface area contributed by atoms with Crippen LogP contribution in [0, 0.1) is 17.5 Å². The molecular weight excluding hydrogens is 357 g/mol. The zero-order chi connectivity index (χ0) is 19.2. The Morgan fingerprint density at radius 2 is 1.52 bits per heavy atom. The molecule has 138 valence electrons. The van der Waals surface area contributed by atoms with Gasteiger partial charge >= 0.3 is 0 Å². The van der Waals surface area contributed by atoms with Gasteiger partial charge in [0, 0.05) is 18.9 Å². The van der Waals surface area contributed by atoms with Gasteiger partial charge in [-0.25, -0.2) is 23.1 Å². The lowest BCUT2D eigenvalue weighted by molar-refractivity contribution is 0.102. The summed E-state index contributed by atoms with van der Waals surface area (Å²) < 4.78 is 40.7. The van der Waals surface area contributed by atoms with Crippen LogP contribution in [0.15, 0.2) is 54.9 Å². The Labute approximate surface area is 153 Å². The number of amides is 1. The third-order valence-electron chi connectivity index (χ3n) is 3.75. The lowest BCUT2D eigenvalue weighted by Gasteiger charge is -2.08. The first-order valence-electron chi connectivity index (χ1n) is 8.09. The van der Waals surface area contributed by atoms with E-state index in [4.69, 9.17) is 0 Å². The highest BCUT2D eigenvalue weighted by Gasteiger charge is 2.14. The van der Waals surface area contributed by atoms with Crippen molar-refractivity contribution in [3.05, 3.63) is 83.4 Å². The summed E-state index contributed by atoms with van der Waals surface area (Å²) in [5.41, 5.74) is 0.0693. The van der Waals surface area contributed by atoms with Crippen molar-refractivity contribution in [2.45, 2.75) is 6.42 Å². The fraction of sp³-hybridized carbons (Fsp3) is 0.105. The monoisotopic (exact) mass is 372 g/mol. The molecule has 1 heterocycles. The van der Waals surface area contributed by atoms with E-state index in [0.29, 0.717) is 18.5 Å². The molecule has 0 aliphatic carbocycles. The SMILES string of the molecule is O=C(Nc1c(F)cccc1F)c1cnc(NCCc2ccccc2F)nc1. The highest BCUT2D eigenvalue weighted by Crippen LogP contribution is 2.18. The first kappa shape index (κ1) is 18.4. The maximum atomic E-state index is 13.6. The number of nitrogens with one attached hydrogen (secondary N) is 2. The molecule has 0 spiro atoms. The van der Waals surface area contributed by atoms with Crippen LogP contribution in [0.2, 0.25) is 0 Å². The zero-order valence-electron chi connectivity index (χ0n) is 14.0. The van der Waals surface area contributed by atoms with Crippen LogP contribution in [0.4, 0.5) is 24.8 Å². The summed E-state index contributed by atoms with van der Waals surface area (Å²) in [5.74, 6) is -2.53. The van der Waals surface area contributed by atoms with Gasteiger partial charge in [0.1, 0.15) is 23.1 Å². The van der Waals surface area contributed by atoms with Gasteiger partial charge in [0.15, 0.2) is 0 Å². The summed E-state index contributed by atoms with van der Waals surface area (Å²) in [6, 6.07) is 9.72. The van der Waals surface area contributed by atoms with Gasteiger partial charge < -0.3 is 10.6 Å². The first-order chi connectivity index (χ1) is 13.0. The number of carbonyl (C=O) groups excluding carboxylic acids is 1.